The molecular weight excluding hydrogens is 128 g/mol. The first-order valence-electron chi connectivity index (χ1n) is 2.80. The van der Waals surface area contributed by atoms with Crippen molar-refractivity contribution < 1.29 is 0 Å². The van der Waals surface area contributed by atoms with Gasteiger partial charge in [-0.25, -0.2) is 0 Å². The zero-order valence-corrected chi connectivity index (χ0v) is 5.52. The normalized spacial score (nSPS) is 8.50. The van der Waals surface area contributed by atoms with Crippen LogP contribution in [0.5, 0.6) is 0 Å². The molecule has 0 saturated carbocycles. The van der Waals surface area contributed by atoms with E-state index >= 15 is 0 Å². The van der Waals surface area contributed by atoms with Crippen LogP contribution in [0.2, 0.25) is 0 Å². The van der Waals surface area contributed by atoms with Gasteiger partial charge in [-0.3, -0.25) is 4.98 Å². The SMILES string of the molecule is Cc1ccc(N=[N+]=[N-])nc1. The summed E-state index contributed by atoms with van der Waals surface area (Å²) in [5, 5.41) is 3.32. The van der Waals surface area contributed by atoms with Crippen LogP contribution in [0.4, 0.5) is 5.82 Å². The summed E-state index contributed by atoms with van der Waals surface area (Å²) in [6.45, 7) is 1.92. The first-order chi connectivity index (χ1) is 4.83. The van der Waals surface area contributed by atoms with Gasteiger partial charge in [-0.05, 0) is 29.2 Å². The highest BCUT2D eigenvalue weighted by Gasteiger charge is 1.85. The third-order valence-electron chi connectivity index (χ3n) is 1.04. The fraction of sp³-hybridized carbons (Fsp3) is 0.167. The van der Waals surface area contributed by atoms with E-state index in [9.17, 15) is 0 Å². The minimum atomic E-state index is 0.410. The number of rotatable bonds is 1. The summed E-state index contributed by atoms with van der Waals surface area (Å²) in [5.74, 6) is 0.410. The topological polar surface area (TPSA) is 61.7 Å². The molecule has 1 aromatic heterocycles. The molecule has 0 aliphatic carbocycles. The Balaban J connectivity index is 3.00. The van der Waals surface area contributed by atoms with Gasteiger partial charge in [0.05, 0.1) is 0 Å². The van der Waals surface area contributed by atoms with Gasteiger partial charge < -0.3 is 0 Å². The zero-order valence-electron chi connectivity index (χ0n) is 5.52. The van der Waals surface area contributed by atoms with Crippen molar-refractivity contribution in [1.29, 1.82) is 0 Å². The first kappa shape index (κ1) is 6.58. The molecule has 0 N–H and O–H groups in total. The Hall–Kier alpha value is -1.54. The smallest absolute Gasteiger partial charge is 0.126 e. The molecule has 1 heterocycles. The van der Waals surface area contributed by atoms with E-state index in [0.29, 0.717) is 5.82 Å². The molecule has 4 nitrogen and oxygen atoms in total. The monoisotopic (exact) mass is 134 g/mol. The predicted octanol–water partition coefficient (Wildman–Crippen LogP) is 2.33. The van der Waals surface area contributed by atoms with Gasteiger partial charge in [0.1, 0.15) is 5.82 Å². The Bertz CT molecular complexity index is 258. The number of hydrogen-bond donors (Lipinski definition) is 0. The van der Waals surface area contributed by atoms with E-state index in [4.69, 9.17) is 5.53 Å². The molecule has 1 aromatic rings. The molecule has 0 saturated heterocycles. The average Bonchev–Trinajstić information content (AvgIpc) is 1.95. The molecule has 0 bridgehead atoms. The summed E-state index contributed by atoms with van der Waals surface area (Å²) < 4.78 is 0. The van der Waals surface area contributed by atoms with Crippen molar-refractivity contribution in [1.82, 2.24) is 4.98 Å². The third kappa shape index (κ3) is 1.47. The van der Waals surface area contributed by atoms with Crippen molar-refractivity contribution in [2.24, 2.45) is 5.11 Å². The van der Waals surface area contributed by atoms with Crippen LogP contribution in [0, 0.1) is 6.92 Å². The van der Waals surface area contributed by atoms with E-state index in [1.165, 1.54) is 0 Å². The van der Waals surface area contributed by atoms with Crippen LogP contribution in [0.3, 0.4) is 0 Å². The standard InChI is InChI=1S/C6H6N4/c1-5-2-3-6(8-4-5)9-10-7/h2-4H,1H3. The van der Waals surface area contributed by atoms with E-state index in [1.54, 1.807) is 12.3 Å². The molecule has 0 amide bonds. The van der Waals surface area contributed by atoms with Gasteiger partial charge in [-0.15, -0.1) is 0 Å². The van der Waals surface area contributed by atoms with Gasteiger partial charge in [-0.2, -0.15) is 0 Å². The average molecular weight is 134 g/mol. The van der Waals surface area contributed by atoms with Crippen molar-refractivity contribution >= 4 is 5.82 Å². The molecule has 10 heavy (non-hydrogen) atoms. The Morgan fingerprint density at radius 3 is 2.90 bits per heavy atom. The number of azide groups is 1. The highest BCUT2D eigenvalue weighted by Crippen LogP contribution is 2.06. The van der Waals surface area contributed by atoms with Gasteiger partial charge in [-0.1, -0.05) is 6.07 Å². The molecule has 1 rings (SSSR count). The van der Waals surface area contributed by atoms with E-state index < -0.39 is 0 Å². The summed E-state index contributed by atoms with van der Waals surface area (Å²) in [6.07, 6.45) is 1.66. The maximum atomic E-state index is 8.01. The molecule has 0 radical (unpaired) electrons. The van der Waals surface area contributed by atoms with Crippen LogP contribution in [0.15, 0.2) is 23.4 Å². The second-order valence-corrected chi connectivity index (χ2v) is 1.88. The number of aryl methyl sites for hydroxylation is 1. The second kappa shape index (κ2) is 2.85. The van der Waals surface area contributed by atoms with Gasteiger partial charge in [0.2, 0.25) is 0 Å². The van der Waals surface area contributed by atoms with Crippen molar-refractivity contribution in [3.8, 4) is 0 Å². The fourth-order valence-electron chi connectivity index (χ4n) is 0.565. The maximum absolute atomic E-state index is 8.01. The van der Waals surface area contributed by atoms with Gasteiger partial charge >= 0.3 is 0 Å². The van der Waals surface area contributed by atoms with Crippen LogP contribution in [-0.4, -0.2) is 4.98 Å². The molecule has 0 atom stereocenters. The van der Waals surface area contributed by atoms with Crippen molar-refractivity contribution in [2.75, 3.05) is 0 Å². The molecular formula is C6H6N4. The van der Waals surface area contributed by atoms with Crippen LogP contribution >= 0.6 is 0 Å². The van der Waals surface area contributed by atoms with Crippen LogP contribution in [0.1, 0.15) is 5.56 Å². The molecule has 0 spiro atoms. The van der Waals surface area contributed by atoms with E-state index in [1.807, 2.05) is 13.0 Å². The highest BCUT2D eigenvalue weighted by atomic mass is 15.2. The molecule has 50 valence electrons. The molecule has 0 fully saturated rings. The largest absolute Gasteiger partial charge is 0.254 e. The van der Waals surface area contributed by atoms with Crippen LogP contribution in [-0.2, 0) is 0 Å². The summed E-state index contributed by atoms with van der Waals surface area (Å²) in [6, 6.07) is 3.52. The molecule has 0 aromatic carbocycles. The molecule has 0 aliphatic heterocycles. The Morgan fingerprint density at radius 2 is 2.40 bits per heavy atom. The van der Waals surface area contributed by atoms with Gasteiger partial charge in [0, 0.05) is 11.1 Å². The van der Waals surface area contributed by atoms with Crippen molar-refractivity contribution in [2.45, 2.75) is 6.92 Å². The van der Waals surface area contributed by atoms with Crippen molar-refractivity contribution in [3.05, 3.63) is 34.3 Å². The third-order valence-corrected chi connectivity index (χ3v) is 1.04. The highest BCUT2D eigenvalue weighted by molar-refractivity contribution is 5.27. The summed E-state index contributed by atoms with van der Waals surface area (Å²) in [4.78, 5) is 6.45. The van der Waals surface area contributed by atoms with Crippen LogP contribution < -0.4 is 0 Å². The summed E-state index contributed by atoms with van der Waals surface area (Å²) >= 11 is 0. The number of nitrogens with zero attached hydrogens (tertiary/aromatic N) is 4. The van der Waals surface area contributed by atoms with Gasteiger partial charge in [0.15, 0.2) is 0 Å². The predicted molar refractivity (Wildman–Crippen MR) is 37.8 cm³/mol. The zero-order chi connectivity index (χ0) is 7.40. The Labute approximate surface area is 58.1 Å². The maximum Gasteiger partial charge on any atom is 0.126 e. The van der Waals surface area contributed by atoms with Crippen molar-refractivity contribution in [3.63, 3.8) is 0 Å². The fourth-order valence-corrected chi connectivity index (χ4v) is 0.565. The molecule has 0 unspecified atom stereocenters. The van der Waals surface area contributed by atoms with Gasteiger partial charge in [0.25, 0.3) is 0 Å². The van der Waals surface area contributed by atoms with E-state index in [0.717, 1.165) is 5.56 Å². The minimum absolute atomic E-state index is 0.410. The summed E-state index contributed by atoms with van der Waals surface area (Å²) in [5.41, 5.74) is 9.06. The number of aromatic nitrogens is 1. The summed E-state index contributed by atoms with van der Waals surface area (Å²) in [7, 11) is 0. The molecule has 0 aliphatic rings. The lowest BCUT2D eigenvalue weighted by molar-refractivity contribution is 1.22. The van der Waals surface area contributed by atoms with E-state index in [2.05, 4.69) is 15.0 Å². The first-order valence-corrected chi connectivity index (χ1v) is 2.80. The lowest BCUT2D eigenvalue weighted by atomic mass is 10.3. The number of hydrogen-bond acceptors (Lipinski definition) is 2. The molecule has 4 heteroatoms. The lowest BCUT2D eigenvalue weighted by Crippen LogP contribution is -1.73. The second-order valence-electron chi connectivity index (χ2n) is 1.88. The van der Waals surface area contributed by atoms with Crippen LogP contribution in [0.25, 0.3) is 10.4 Å². The minimum Gasteiger partial charge on any atom is -0.254 e. The lowest BCUT2D eigenvalue weighted by Gasteiger charge is -1.89. The Morgan fingerprint density at radius 1 is 1.60 bits per heavy atom. The quantitative estimate of drug-likeness (QED) is 0.330. The van der Waals surface area contributed by atoms with E-state index in [-0.39, 0.29) is 0 Å². The Kier molecular flexibility index (Phi) is 1.87. The number of pyridine rings is 1.